The van der Waals surface area contributed by atoms with Crippen LogP contribution in [-0.4, -0.2) is 22.4 Å². The van der Waals surface area contributed by atoms with Crippen molar-refractivity contribution >= 4 is 0 Å². The summed E-state index contributed by atoms with van der Waals surface area (Å²) in [6.45, 7) is 16.1. The Morgan fingerprint density at radius 2 is 1.14 bits per heavy atom. The molecule has 0 aromatic rings. The van der Waals surface area contributed by atoms with Crippen molar-refractivity contribution in [3.05, 3.63) is 0 Å². The highest BCUT2D eigenvalue weighted by atomic mass is 16.3. The van der Waals surface area contributed by atoms with Gasteiger partial charge in [0.2, 0.25) is 0 Å². The molecule has 2 heteroatoms. The molecule has 2 rings (SSSR count). The first-order valence-electron chi connectivity index (χ1n) is 12.3. The van der Waals surface area contributed by atoms with Crippen LogP contribution in [0.15, 0.2) is 0 Å². The Labute approximate surface area is 175 Å². The number of aliphatic hydroxyl groups is 2. The second-order valence-corrected chi connectivity index (χ2v) is 12.4. The summed E-state index contributed by atoms with van der Waals surface area (Å²) in [5.74, 6) is 3.14. The molecule has 2 fully saturated rings. The van der Waals surface area contributed by atoms with Gasteiger partial charge in [-0.05, 0) is 85.4 Å². The lowest BCUT2D eigenvalue weighted by molar-refractivity contribution is -0.0516. The standard InChI is InChI=1S/C26H50O2/c1-8-9-10-11-20(18-12-14-23(27)21(16-18)25(2,3)4)19-13-15-24(28)22(17-19)26(5,6)7/h18-24,27-28H,8-17H2,1-7H3. The summed E-state index contributed by atoms with van der Waals surface area (Å²) in [4.78, 5) is 0. The normalized spacial score (nSPS) is 36.3. The van der Waals surface area contributed by atoms with E-state index in [1.54, 1.807) is 0 Å². The van der Waals surface area contributed by atoms with Crippen molar-refractivity contribution < 1.29 is 10.2 Å². The molecule has 2 aliphatic rings. The third kappa shape index (κ3) is 6.21. The van der Waals surface area contributed by atoms with Crippen LogP contribution in [0.4, 0.5) is 0 Å². The third-order valence-electron chi connectivity index (χ3n) is 8.29. The molecule has 2 nitrogen and oxygen atoms in total. The van der Waals surface area contributed by atoms with E-state index in [0.29, 0.717) is 11.8 Å². The number of rotatable bonds is 6. The average Bonchev–Trinajstić information content (AvgIpc) is 2.58. The van der Waals surface area contributed by atoms with Crippen LogP contribution < -0.4 is 0 Å². The van der Waals surface area contributed by atoms with Crippen LogP contribution in [0, 0.1) is 40.4 Å². The molecule has 0 aromatic carbocycles. The first kappa shape index (κ1) is 24.2. The Balaban J connectivity index is 2.17. The predicted molar refractivity (Wildman–Crippen MR) is 120 cm³/mol. The lowest BCUT2D eigenvalue weighted by Crippen LogP contribution is -2.43. The lowest BCUT2D eigenvalue weighted by atomic mass is 9.58. The van der Waals surface area contributed by atoms with E-state index in [-0.39, 0.29) is 23.0 Å². The van der Waals surface area contributed by atoms with Crippen molar-refractivity contribution in [2.45, 2.75) is 125 Å². The van der Waals surface area contributed by atoms with Gasteiger partial charge in [0.1, 0.15) is 0 Å². The van der Waals surface area contributed by atoms with E-state index in [0.717, 1.165) is 30.6 Å². The zero-order valence-corrected chi connectivity index (χ0v) is 20.0. The van der Waals surface area contributed by atoms with Gasteiger partial charge < -0.3 is 10.2 Å². The largest absolute Gasteiger partial charge is 0.393 e. The molecule has 0 aromatic heterocycles. The van der Waals surface area contributed by atoms with E-state index in [2.05, 4.69) is 48.5 Å². The van der Waals surface area contributed by atoms with Crippen LogP contribution in [0.25, 0.3) is 0 Å². The van der Waals surface area contributed by atoms with Gasteiger partial charge in [0.15, 0.2) is 0 Å². The molecule has 0 saturated heterocycles. The highest BCUT2D eigenvalue weighted by molar-refractivity contribution is 4.94. The monoisotopic (exact) mass is 394 g/mol. The Morgan fingerprint density at radius 3 is 1.50 bits per heavy atom. The molecule has 166 valence electrons. The van der Waals surface area contributed by atoms with Gasteiger partial charge in [-0.3, -0.25) is 0 Å². The van der Waals surface area contributed by atoms with E-state index in [4.69, 9.17) is 0 Å². The second kappa shape index (κ2) is 9.82. The molecule has 0 spiro atoms. The SMILES string of the molecule is CCCCCC(C1CCC(O)C(C(C)(C)C)C1)C1CCC(O)C(C(C)(C)C)C1. The summed E-state index contributed by atoms with van der Waals surface area (Å²) in [6.07, 6.45) is 11.8. The average molecular weight is 395 g/mol. The molecule has 6 atom stereocenters. The van der Waals surface area contributed by atoms with Crippen LogP contribution in [-0.2, 0) is 0 Å². The Bertz CT molecular complexity index is 420. The third-order valence-corrected chi connectivity index (χ3v) is 8.29. The van der Waals surface area contributed by atoms with Crippen LogP contribution in [0.5, 0.6) is 0 Å². The van der Waals surface area contributed by atoms with E-state index in [1.807, 2.05) is 0 Å². The van der Waals surface area contributed by atoms with E-state index in [1.165, 1.54) is 51.4 Å². The summed E-state index contributed by atoms with van der Waals surface area (Å²) in [5, 5.41) is 21.4. The molecule has 0 amide bonds. The van der Waals surface area contributed by atoms with Crippen molar-refractivity contribution in [3.63, 3.8) is 0 Å². The zero-order chi connectivity index (χ0) is 21.1. The predicted octanol–water partition coefficient (Wildman–Crippen LogP) is 6.83. The number of unbranched alkanes of at least 4 members (excludes halogenated alkanes) is 2. The Kier molecular flexibility index (Phi) is 8.48. The highest BCUT2D eigenvalue weighted by Crippen LogP contribution is 2.50. The van der Waals surface area contributed by atoms with Crippen LogP contribution in [0.2, 0.25) is 0 Å². The van der Waals surface area contributed by atoms with Gasteiger partial charge in [-0.2, -0.15) is 0 Å². The van der Waals surface area contributed by atoms with Crippen LogP contribution in [0.3, 0.4) is 0 Å². The quantitative estimate of drug-likeness (QED) is 0.485. The first-order valence-corrected chi connectivity index (χ1v) is 12.3. The molecule has 6 unspecified atom stereocenters. The van der Waals surface area contributed by atoms with Crippen LogP contribution >= 0.6 is 0 Å². The Hall–Kier alpha value is -0.0800. The maximum absolute atomic E-state index is 10.7. The van der Waals surface area contributed by atoms with Gasteiger partial charge in [0.25, 0.3) is 0 Å². The molecule has 0 aliphatic heterocycles. The van der Waals surface area contributed by atoms with Crippen molar-refractivity contribution in [2.24, 2.45) is 40.4 Å². The van der Waals surface area contributed by atoms with Gasteiger partial charge in [-0.15, -0.1) is 0 Å². The number of hydrogen-bond acceptors (Lipinski definition) is 2. The number of hydrogen-bond donors (Lipinski definition) is 2. The molecule has 0 radical (unpaired) electrons. The fourth-order valence-corrected chi connectivity index (χ4v) is 6.50. The van der Waals surface area contributed by atoms with Gasteiger partial charge in [0, 0.05) is 0 Å². The maximum Gasteiger partial charge on any atom is 0.0573 e. The topological polar surface area (TPSA) is 40.5 Å². The summed E-state index contributed by atoms with van der Waals surface area (Å²) in [5.41, 5.74) is 0.367. The van der Waals surface area contributed by atoms with E-state index in [9.17, 15) is 10.2 Å². The van der Waals surface area contributed by atoms with E-state index < -0.39 is 0 Å². The minimum absolute atomic E-state index is 0.122. The smallest absolute Gasteiger partial charge is 0.0573 e. The molecular weight excluding hydrogens is 344 g/mol. The summed E-state index contributed by atoms with van der Waals surface area (Å²) >= 11 is 0. The molecule has 28 heavy (non-hydrogen) atoms. The molecule has 2 aliphatic carbocycles. The van der Waals surface area contributed by atoms with Gasteiger partial charge in [-0.1, -0.05) is 67.7 Å². The molecule has 2 saturated carbocycles. The molecule has 2 N–H and O–H groups in total. The minimum Gasteiger partial charge on any atom is -0.393 e. The van der Waals surface area contributed by atoms with Crippen molar-refractivity contribution in [3.8, 4) is 0 Å². The minimum atomic E-state index is -0.122. The maximum atomic E-state index is 10.7. The summed E-state index contributed by atoms with van der Waals surface area (Å²) in [7, 11) is 0. The Morgan fingerprint density at radius 1 is 0.714 bits per heavy atom. The van der Waals surface area contributed by atoms with Gasteiger partial charge in [-0.25, -0.2) is 0 Å². The van der Waals surface area contributed by atoms with Gasteiger partial charge in [0.05, 0.1) is 12.2 Å². The molecule has 0 bridgehead atoms. The fraction of sp³-hybridized carbons (Fsp3) is 1.00. The summed E-state index contributed by atoms with van der Waals surface area (Å²) in [6, 6.07) is 0. The van der Waals surface area contributed by atoms with Crippen LogP contribution in [0.1, 0.15) is 113 Å². The molecular formula is C26H50O2. The van der Waals surface area contributed by atoms with Crippen molar-refractivity contribution in [2.75, 3.05) is 0 Å². The van der Waals surface area contributed by atoms with Gasteiger partial charge >= 0.3 is 0 Å². The van der Waals surface area contributed by atoms with Crippen molar-refractivity contribution in [1.29, 1.82) is 0 Å². The first-order chi connectivity index (χ1) is 12.9. The second-order valence-electron chi connectivity index (χ2n) is 12.4. The summed E-state index contributed by atoms with van der Waals surface area (Å²) < 4.78 is 0. The number of aliphatic hydroxyl groups excluding tert-OH is 2. The molecule has 0 heterocycles. The highest BCUT2D eigenvalue weighted by Gasteiger charge is 2.44. The zero-order valence-electron chi connectivity index (χ0n) is 20.0. The lowest BCUT2D eigenvalue weighted by Gasteiger charge is -2.48. The fourth-order valence-electron chi connectivity index (χ4n) is 6.50. The van der Waals surface area contributed by atoms with E-state index >= 15 is 0 Å². The van der Waals surface area contributed by atoms with Crippen molar-refractivity contribution in [1.82, 2.24) is 0 Å².